The van der Waals surface area contributed by atoms with Crippen molar-refractivity contribution in [1.29, 1.82) is 0 Å². The molecule has 196 valence electrons. The van der Waals surface area contributed by atoms with Crippen LogP contribution in [0.2, 0.25) is 0 Å². The van der Waals surface area contributed by atoms with Crippen molar-refractivity contribution in [3.05, 3.63) is 71.1 Å². The van der Waals surface area contributed by atoms with E-state index in [1.54, 1.807) is 30.3 Å². The predicted octanol–water partition coefficient (Wildman–Crippen LogP) is 4.78. The first-order valence-electron chi connectivity index (χ1n) is 11.0. The number of hydrogen-bond donors (Lipinski definition) is 1. The highest BCUT2D eigenvalue weighted by Gasteiger charge is 2.44. The largest absolute Gasteiger partial charge is 0.457 e. The van der Waals surface area contributed by atoms with E-state index in [0.29, 0.717) is 6.54 Å². The number of anilines is 1. The summed E-state index contributed by atoms with van der Waals surface area (Å²) in [5, 5.41) is 3.63. The molecule has 4 aromatic rings. The summed E-state index contributed by atoms with van der Waals surface area (Å²) in [6.07, 6.45) is -7.27. The number of aryl methyl sites for hydroxylation is 2. The number of sulfonamides is 1. The van der Waals surface area contributed by atoms with Crippen molar-refractivity contribution >= 4 is 26.9 Å². The third-order valence-corrected chi connectivity index (χ3v) is 6.90. The number of hydrogen-bond acceptors (Lipinski definition) is 8. The van der Waals surface area contributed by atoms with Crippen LogP contribution in [-0.2, 0) is 16.6 Å². The Kier molecular flexibility index (Phi) is 7.11. The van der Waals surface area contributed by atoms with Crippen molar-refractivity contribution in [2.75, 3.05) is 18.8 Å². The van der Waals surface area contributed by atoms with Crippen LogP contribution < -0.4 is 9.46 Å². The Hall–Kier alpha value is -3.71. The van der Waals surface area contributed by atoms with E-state index >= 15 is 0 Å². The molecule has 37 heavy (non-hydrogen) atoms. The summed E-state index contributed by atoms with van der Waals surface area (Å²) in [6.45, 7) is 3.37. The number of para-hydroxylation sites is 2. The highest BCUT2D eigenvalue weighted by molar-refractivity contribution is 7.92. The predicted molar refractivity (Wildman–Crippen MR) is 130 cm³/mol. The minimum Gasteiger partial charge on any atom is -0.457 e. The van der Waals surface area contributed by atoms with E-state index in [4.69, 9.17) is 9.26 Å². The lowest BCUT2D eigenvalue weighted by molar-refractivity contribution is -0.198. The smallest absolute Gasteiger partial charge is 0.429 e. The second-order valence-corrected chi connectivity index (χ2v) is 10.3. The normalized spacial score (nSPS) is 13.2. The maximum Gasteiger partial charge on any atom is 0.429 e. The quantitative estimate of drug-likeness (QED) is 0.343. The summed E-state index contributed by atoms with van der Waals surface area (Å²) in [7, 11) is -0.658. The van der Waals surface area contributed by atoms with Crippen LogP contribution in [-0.4, -0.2) is 48.7 Å². The second-order valence-electron chi connectivity index (χ2n) is 8.64. The molecule has 0 saturated heterocycles. The van der Waals surface area contributed by atoms with E-state index < -0.39 is 34.0 Å². The van der Waals surface area contributed by atoms with E-state index in [9.17, 15) is 21.6 Å². The van der Waals surface area contributed by atoms with Crippen molar-refractivity contribution < 1.29 is 30.8 Å². The fourth-order valence-electron chi connectivity index (χ4n) is 3.77. The highest BCUT2D eigenvalue weighted by atomic mass is 32.2. The monoisotopic (exact) mass is 535 g/mol. The highest BCUT2D eigenvalue weighted by Crippen LogP contribution is 2.39. The van der Waals surface area contributed by atoms with Crippen LogP contribution in [0.5, 0.6) is 5.88 Å². The van der Waals surface area contributed by atoms with Crippen molar-refractivity contribution in [2.24, 2.45) is 0 Å². The molecule has 9 nitrogen and oxygen atoms in total. The van der Waals surface area contributed by atoms with Crippen molar-refractivity contribution in [1.82, 2.24) is 20.0 Å². The maximum atomic E-state index is 14.2. The summed E-state index contributed by atoms with van der Waals surface area (Å²) in [5.74, 6) is -1.13. The molecule has 0 amide bonds. The van der Waals surface area contributed by atoms with Gasteiger partial charge in [-0.2, -0.15) is 13.2 Å². The first kappa shape index (κ1) is 26.4. The molecule has 0 bridgehead atoms. The van der Waals surface area contributed by atoms with Gasteiger partial charge in [0.2, 0.25) is 11.9 Å². The Balaban J connectivity index is 1.78. The zero-order chi connectivity index (χ0) is 27.0. The van der Waals surface area contributed by atoms with Crippen LogP contribution in [0.25, 0.3) is 11.0 Å². The van der Waals surface area contributed by atoms with Gasteiger partial charge in [-0.25, -0.2) is 18.4 Å². The molecule has 1 atom stereocenters. The summed E-state index contributed by atoms with van der Waals surface area (Å²) in [4.78, 5) is 10.00. The average Bonchev–Trinajstić information content (AvgIpc) is 3.15. The molecule has 4 rings (SSSR count). The third-order valence-electron chi connectivity index (χ3n) is 5.31. The lowest BCUT2D eigenvalue weighted by Crippen LogP contribution is -2.27. The van der Waals surface area contributed by atoms with E-state index in [-0.39, 0.29) is 32.9 Å². The number of nitrogens with one attached hydrogen (secondary N) is 1. The van der Waals surface area contributed by atoms with Gasteiger partial charge in [-0.1, -0.05) is 41.6 Å². The lowest BCUT2D eigenvalue weighted by atomic mass is 10.1. The number of fused-ring (bicyclic) bond motifs is 1. The van der Waals surface area contributed by atoms with Gasteiger partial charge in [0.15, 0.2) is 10.7 Å². The van der Waals surface area contributed by atoms with Crippen molar-refractivity contribution in [2.45, 2.75) is 37.6 Å². The number of nitrogens with zero attached hydrogens (tertiary/aromatic N) is 4. The number of alkyl halides is 3. The Labute approximate surface area is 211 Å². The number of aromatic nitrogens is 3. The van der Waals surface area contributed by atoms with E-state index in [2.05, 4.69) is 19.8 Å². The molecule has 0 aliphatic rings. The molecule has 0 aliphatic heterocycles. The van der Waals surface area contributed by atoms with E-state index in [1.807, 2.05) is 19.0 Å². The third kappa shape index (κ3) is 5.83. The first-order chi connectivity index (χ1) is 17.3. The molecule has 1 N–H and O–H groups in total. The van der Waals surface area contributed by atoms with E-state index in [1.165, 1.54) is 32.0 Å². The fraction of sp³-hybridized carbons (Fsp3) is 0.292. The van der Waals surface area contributed by atoms with Gasteiger partial charge in [0.25, 0.3) is 15.9 Å². The lowest BCUT2D eigenvalue weighted by Gasteiger charge is -2.23. The van der Waals surface area contributed by atoms with Crippen LogP contribution in [0.15, 0.2) is 57.9 Å². The minimum atomic E-state index is -4.84. The van der Waals surface area contributed by atoms with Crippen molar-refractivity contribution in [3.63, 3.8) is 0 Å². The minimum absolute atomic E-state index is 0.00667. The van der Waals surface area contributed by atoms with Crippen LogP contribution in [0.1, 0.15) is 28.7 Å². The Morgan fingerprint density at radius 1 is 1.03 bits per heavy atom. The van der Waals surface area contributed by atoms with Crippen LogP contribution in [0.4, 0.5) is 19.0 Å². The Morgan fingerprint density at radius 3 is 2.19 bits per heavy atom. The summed E-state index contributed by atoms with van der Waals surface area (Å²) < 4.78 is 81.3. The number of rotatable bonds is 8. The Bertz CT molecular complexity index is 1500. The van der Waals surface area contributed by atoms with Gasteiger partial charge < -0.3 is 14.2 Å². The molecule has 1 unspecified atom stereocenters. The molecular formula is C24H24F3N5O4S. The van der Waals surface area contributed by atoms with Gasteiger partial charge in [0.1, 0.15) is 5.69 Å². The molecule has 0 aliphatic carbocycles. The van der Waals surface area contributed by atoms with Gasteiger partial charge in [-0.3, -0.25) is 4.72 Å². The second kappa shape index (κ2) is 9.98. The van der Waals surface area contributed by atoms with Crippen LogP contribution in [0, 0.1) is 13.8 Å². The standard InChI is InChI=1S/C24H24F3N5O4S/c1-14-20(15(2)36-30-14)37(33,34)31-22-23(29-19-8-6-5-7-18(19)28-22)35-21(24(25,26)27)17-11-9-16(10-12-17)13-32(3)4/h5-12,21H,13H2,1-4H3,(H,28,31). The SMILES string of the molecule is Cc1noc(C)c1S(=O)(=O)Nc1nc2ccccc2nc1OC(c1ccc(CN(C)C)cc1)C(F)(F)F. The zero-order valence-electron chi connectivity index (χ0n) is 20.4. The van der Waals surface area contributed by atoms with Crippen LogP contribution in [0.3, 0.4) is 0 Å². The molecule has 2 aromatic carbocycles. The van der Waals surface area contributed by atoms with Gasteiger partial charge in [-0.05, 0) is 45.6 Å². The summed E-state index contributed by atoms with van der Waals surface area (Å²) >= 11 is 0. The number of benzene rings is 2. The first-order valence-corrected chi connectivity index (χ1v) is 12.5. The van der Waals surface area contributed by atoms with Gasteiger partial charge in [-0.15, -0.1) is 0 Å². The van der Waals surface area contributed by atoms with Gasteiger partial charge >= 0.3 is 6.18 Å². The topological polar surface area (TPSA) is 110 Å². The molecule has 0 fully saturated rings. The zero-order valence-corrected chi connectivity index (χ0v) is 21.2. The fourth-order valence-corrected chi connectivity index (χ4v) is 5.10. The number of ether oxygens (including phenoxy) is 1. The molecular weight excluding hydrogens is 511 g/mol. The molecule has 2 heterocycles. The van der Waals surface area contributed by atoms with Gasteiger partial charge in [0.05, 0.1) is 11.0 Å². The van der Waals surface area contributed by atoms with E-state index in [0.717, 1.165) is 5.56 Å². The molecule has 0 spiro atoms. The number of halogens is 3. The molecule has 0 saturated carbocycles. The summed E-state index contributed by atoms with van der Waals surface area (Å²) in [6, 6.07) is 12.1. The summed E-state index contributed by atoms with van der Waals surface area (Å²) in [5.41, 5.74) is 1.19. The molecule has 2 aromatic heterocycles. The molecule has 0 radical (unpaired) electrons. The maximum absolute atomic E-state index is 14.2. The van der Waals surface area contributed by atoms with Crippen molar-refractivity contribution in [3.8, 4) is 5.88 Å². The average molecular weight is 536 g/mol. The Morgan fingerprint density at radius 2 is 1.65 bits per heavy atom. The van der Waals surface area contributed by atoms with Gasteiger partial charge in [0, 0.05) is 12.1 Å². The molecule has 13 heteroatoms. The van der Waals surface area contributed by atoms with Crippen LogP contribution >= 0.6 is 0 Å².